The Kier molecular flexibility index (Phi) is 4.79. The second-order valence-corrected chi connectivity index (χ2v) is 5.27. The third kappa shape index (κ3) is 6.42. The maximum atomic E-state index is 13.5. The molecule has 0 amide bonds. The lowest BCUT2D eigenvalue weighted by Gasteiger charge is -2.20. The predicted octanol–water partition coefficient (Wildman–Crippen LogP) is 3.65. The molecule has 0 aromatic heterocycles. The van der Waals surface area contributed by atoms with E-state index in [-0.39, 0.29) is 5.54 Å². The van der Waals surface area contributed by atoms with E-state index in [1.807, 2.05) is 20.8 Å². The van der Waals surface area contributed by atoms with Gasteiger partial charge in [0.1, 0.15) is 0 Å². The van der Waals surface area contributed by atoms with E-state index in [9.17, 15) is 17.6 Å². The van der Waals surface area contributed by atoms with E-state index in [0.717, 1.165) is 0 Å². The number of ether oxygens (including phenoxy) is 1. The molecule has 1 N–H and O–H groups in total. The molecule has 1 rings (SSSR count). The lowest BCUT2D eigenvalue weighted by molar-refractivity contribution is -0.153. The fraction of sp³-hybridized carbons (Fsp3) is 0.538. The molecule has 2 nitrogen and oxygen atoms in total. The Balaban J connectivity index is 2.64. The van der Waals surface area contributed by atoms with Crippen LogP contribution in [0.25, 0.3) is 0 Å². The van der Waals surface area contributed by atoms with Crippen molar-refractivity contribution < 1.29 is 22.3 Å². The molecule has 6 heteroatoms. The minimum atomic E-state index is -4.47. The van der Waals surface area contributed by atoms with Crippen molar-refractivity contribution >= 4 is 0 Å². The number of benzene rings is 1. The molecule has 108 valence electrons. The fourth-order valence-corrected chi connectivity index (χ4v) is 1.30. The van der Waals surface area contributed by atoms with Crippen molar-refractivity contribution in [3.63, 3.8) is 0 Å². The van der Waals surface area contributed by atoms with E-state index in [2.05, 4.69) is 10.1 Å². The molecule has 0 aliphatic carbocycles. The molecule has 0 aliphatic rings. The van der Waals surface area contributed by atoms with Crippen LogP contribution in [0.2, 0.25) is 0 Å². The average Bonchev–Trinajstić information content (AvgIpc) is 2.22. The molecule has 0 heterocycles. The van der Waals surface area contributed by atoms with Crippen LogP contribution in [0.15, 0.2) is 18.2 Å². The minimum absolute atomic E-state index is 0.123. The van der Waals surface area contributed by atoms with E-state index in [1.165, 1.54) is 18.2 Å². The van der Waals surface area contributed by atoms with Gasteiger partial charge in [0.25, 0.3) is 0 Å². The van der Waals surface area contributed by atoms with Gasteiger partial charge in [-0.25, -0.2) is 4.39 Å². The smallest absolute Gasteiger partial charge is 0.422 e. The summed E-state index contributed by atoms with van der Waals surface area (Å²) < 4.78 is 53.7. The highest BCUT2D eigenvalue weighted by atomic mass is 19.4. The van der Waals surface area contributed by atoms with Crippen LogP contribution in [-0.4, -0.2) is 18.3 Å². The normalized spacial score (nSPS) is 12.6. The number of rotatable bonds is 4. The summed E-state index contributed by atoms with van der Waals surface area (Å²) in [6.07, 6.45) is -4.47. The van der Waals surface area contributed by atoms with Gasteiger partial charge in [-0.1, -0.05) is 6.07 Å². The molecule has 1 aromatic rings. The van der Waals surface area contributed by atoms with Crippen molar-refractivity contribution in [2.24, 2.45) is 0 Å². The molecule has 0 atom stereocenters. The topological polar surface area (TPSA) is 21.3 Å². The lowest BCUT2D eigenvalue weighted by atomic mass is 10.1. The van der Waals surface area contributed by atoms with Crippen molar-refractivity contribution in [2.75, 3.05) is 6.61 Å². The lowest BCUT2D eigenvalue weighted by Crippen LogP contribution is -2.35. The summed E-state index contributed by atoms with van der Waals surface area (Å²) in [7, 11) is 0. The maximum absolute atomic E-state index is 13.5. The third-order valence-electron chi connectivity index (χ3n) is 2.21. The van der Waals surface area contributed by atoms with Gasteiger partial charge in [-0.3, -0.25) is 0 Å². The Morgan fingerprint density at radius 1 is 1.16 bits per heavy atom. The fourth-order valence-electron chi connectivity index (χ4n) is 1.30. The second kappa shape index (κ2) is 5.77. The summed E-state index contributed by atoms with van der Waals surface area (Å²) >= 11 is 0. The van der Waals surface area contributed by atoms with Crippen molar-refractivity contribution in [2.45, 2.75) is 39.0 Å². The van der Waals surface area contributed by atoms with Gasteiger partial charge in [0, 0.05) is 12.1 Å². The van der Waals surface area contributed by atoms with Gasteiger partial charge in [0.15, 0.2) is 18.2 Å². The maximum Gasteiger partial charge on any atom is 0.422 e. The van der Waals surface area contributed by atoms with Gasteiger partial charge in [-0.2, -0.15) is 13.2 Å². The van der Waals surface area contributed by atoms with Crippen LogP contribution in [0.1, 0.15) is 26.3 Å². The zero-order chi connectivity index (χ0) is 14.7. The summed E-state index contributed by atoms with van der Waals surface area (Å²) in [5, 5.41) is 3.15. The molecule has 0 spiro atoms. The van der Waals surface area contributed by atoms with Crippen LogP contribution in [0.3, 0.4) is 0 Å². The molecule has 0 saturated heterocycles. The molecule has 0 aliphatic heterocycles. The number of hydrogen-bond donors (Lipinski definition) is 1. The van der Waals surface area contributed by atoms with Crippen LogP contribution in [0.4, 0.5) is 17.6 Å². The van der Waals surface area contributed by atoms with Gasteiger partial charge >= 0.3 is 6.18 Å². The first-order chi connectivity index (χ1) is 8.57. The highest BCUT2D eigenvalue weighted by molar-refractivity contribution is 5.29. The summed E-state index contributed by atoms with van der Waals surface area (Å²) in [6.45, 7) is 4.82. The summed E-state index contributed by atoms with van der Waals surface area (Å²) in [5.41, 5.74) is 0.522. The predicted molar refractivity (Wildman–Crippen MR) is 64.5 cm³/mol. The van der Waals surface area contributed by atoms with Crippen LogP contribution < -0.4 is 10.1 Å². The Bertz CT molecular complexity index is 424. The van der Waals surface area contributed by atoms with E-state index in [1.54, 1.807) is 0 Å². The summed E-state index contributed by atoms with van der Waals surface area (Å²) in [6, 6.07) is 3.92. The summed E-state index contributed by atoms with van der Waals surface area (Å²) in [5.74, 6) is -1.19. The van der Waals surface area contributed by atoms with Gasteiger partial charge < -0.3 is 10.1 Å². The van der Waals surface area contributed by atoms with Crippen LogP contribution in [0, 0.1) is 5.82 Å². The van der Waals surface area contributed by atoms with E-state index < -0.39 is 24.3 Å². The molecule has 19 heavy (non-hydrogen) atoms. The van der Waals surface area contributed by atoms with Crippen LogP contribution >= 0.6 is 0 Å². The first-order valence-electron chi connectivity index (χ1n) is 5.80. The Hall–Kier alpha value is -1.30. The van der Waals surface area contributed by atoms with E-state index in [4.69, 9.17) is 0 Å². The first kappa shape index (κ1) is 15.8. The number of halogens is 4. The molecule has 0 fully saturated rings. The molecule has 0 saturated carbocycles. The first-order valence-corrected chi connectivity index (χ1v) is 5.80. The van der Waals surface area contributed by atoms with Crippen molar-refractivity contribution in [1.82, 2.24) is 5.32 Å². The molecule has 1 aromatic carbocycles. The Morgan fingerprint density at radius 3 is 2.26 bits per heavy atom. The van der Waals surface area contributed by atoms with Crippen LogP contribution in [-0.2, 0) is 6.54 Å². The van der Waals surface area contributed by atoms with Crippen molar-refractivity contribution in [3.05, 3.63) is 29.6 Å². The average molecular weight is 279 g/mol. The zero-order valence-electron chi connectivity index (χ0n) is 11.1. The van der Waals surface area contributed by atoms with E-state index >= 15 is 0 Å². The van der Waals surface area contributed by atoms with Gasteiger partial charge in [-0.15, -0.1) is 0 Å². The number of alkyl halides is 3. The van der Waals surface area contributed by atoms with Gasteiger partial charge in [0.2, 0.25) is 0 Å². The molecular weight excluding hydrogens is 262 g/mol. The quantitative estimate of drug-likeness (QED) is 0.849. The molecule has 0 bridgehead atoms. The highest BCUT2D eigenvalue weighted by Gasteiger charge is 2.28. The van der Waals surface area contributed by atoms with Crippen LogP contribution in [0.5, 0.6) is 5.75 Å². The van der Waals surface area contributed by atoms with Crippen molar-refractivity contribution in [1.29, 1.82) is 0 Å². The summed E-state index contributed by atoms with van der Waals surface area (Å²) in [4.78, 5) is 0. The van der Waals surface area contributed by atoms with Crippen molar-refractivity contribution in [3.8, 4) is 5.75 Å². The monoisotopic (exact) mass is 279 g/mol. The standard InChI is InChI=1S/C13H17F4NO/c1-12(2,3)18-7-9-4-5-11(10(14)6-9)19-8-13(15,16)17/h4-6,18H,7-8H2,1-3H3. The minimum Gasteiger partial charge on any atom is -0.481 e. The molecule has 0 unspecified atom stereocenters. The number of nitrogens with one attached hydrogen (secondary N) is 1. The largest absolute Gasteiger partial charge is 0.481 e. The third-order valence-corrected chi connectivity index (χ3v) is 2.21. The van der Waals surface area contributed by atoms with Gasteiger partial charge in [-0.05, 0) is 38.5 Å². The Morgan fingerprint density at radius 2 is 1.79 bits per heavy atom. The Labute approximate surface area is 109 Å². The zero-order valence-corrected chi connectivity index (χ0v) is 11.1. The molecule has 0 radical (unpaired) electrons. The highest BCUT2D eigenvalue weighted by Crippen LogP contribution is 2.22. The molecular formula is C13H17F4NO. The number of hydrogen-bond acceptors (Lipinski definition) is 2. The van der Waals surface area contributed by atoms with E-state index in [0.29, 0.717) is 12.1 Å². The van der Waals surface area contributed by atoms with Gasteiger partial charge in [0.05, 0.1) is 0 Å². The SMILES string of the molecule is CC(C)(C)NCc1ccc(OCC(F)(F)F)c(F)c1. The second-order valence-electron chi connectivity index (χ2n) is 5.27.